The van der Waals surface area contributed by atoms with Crippen molar-refractivity contribution < 1.29 is 55.6 Å². The molecule has 24 heteroatoms. The second-order valence-corrected chi connectivity index (χ2v) is 58.6. The van der Waals surface area contributed by atoms with E-state index in [2.05, 4.69) is 152 Å². The number of ether oxygens (including phenoxy) is 8. The van der Waals surface area contributed by atoms with E-state index in [1.54, 1.807) is 0 Å². The first-order chi connectivity index (χ1) is 42.1. The fraction of sp³-hybridized carbons (Fsp3) is 1.00. The van der Waals surface area contributed by atoms with Gasteiger partial charge in [0.15, 0.2) is 33.3 Å². The molecule has 4 radical (unpaired) electrons. The van der Waals surface area contributed by atoms with Crippen molar-refractivity contribution in [1.29, 1.82) is 0 Å². The van der Waals surface area contributed by atoms with Gasteiger partial charge in [-0.2, -0.15) is 0 Å². The Labute approximate surface area is 558 Å². The number of rotatable bonds is 40. The van der Waals surface area contributed by atoms with Gasteiger partial charge in [-0.05, 0) is 182 Å². The highest BCUT2D eigenvalue weighted by molar-refractivity contribution is 6.72. The summed E-state index contributed by atoms with van der Waals surface area (Å²) < 4.78 is 83.1. The Morgan fingerprint density at radius 3 is 0.742 bits per heavy atom. The summed E-state index contributed by atoms with van der Waals surface area (Å²) in [5.74, 6) is 0. The SMILES string of the molecule is CCOC(CCN1CCC[Si](C)(C)OC(COCC(COCC2CN(CCC(OCC)[Si](C)C)CCC[Si](C)(C)O2)(COCC2CN(CCC(OCC)[Si](C)C)CCC[Si](C)(C)O2)COCC2CN(CCC(OCC)[Si](C)C)CCC[Si](C)(C)O2)C1)[Si](C)C. The zero-order chi connectivity index (χ0) is 65.7. The summed E-state index contributed by atoms with van der Waals surface area (Å²) >= 11 is 0. The van der Waals surface area contributed by atoms with Crippen LogP contribution in [-0.4, -0.2) is 293 Å². The smallest absolute Gasteiger partial charge is 0.187 e. The Morgan fingerprint density at radius 2 is 0.562 bits per heavy atom. The van der Waals surface area contributed by atoms with Gasteiger partial charge >= 0.3 is 0 Å². The monoisotopic (exact) mass is 1390 g/mol. The maximum absolute atomic E-state index is 7.23. The first-order valence-electron chi connectivity index (χ1n) is 35.7. The largest absolute Gasteiger partial charge is 0.411 e. The van der Waals surface area contributed by atoms with Gasteiger partial charge in [-0.15, -0.1) is 0 Å². The summed E-state index contributed by atoms with van der Waals surface area (Å²) in [6.07, 6.45) is 8.64. The molecule has 0 aromatic carbocycles. The Morgan fingerprint density at radius 1 is 0.360 bits per heavy atom. The van der Waals surface area contributed by atoms with Gasteiger partial charge in [0.05, 0.1) is 118 Å². The van der Waals surface area contributed by atoms with Gasteiger partial charge in [0.1, 0.15) is 0 Å². The standard InChI is InChI=1S/C65H140N4O12Si8/c1-21-74-61(82(5)6)29-37-66-33-25-41-86(13,14)78-57(45-66)49-70-53-65(54-71-50-58-46-67(34-26-42-87(15,16)79-58)38-30-62(75-22-2)83(7)8,55-72-51-59-47-68(35-27-43-88(17,18)80-59)39-31-63(76-23-3)84(9)10)56-73-52-60-48-69(36-28-44-89(19,20)81-60)40-32-64(77-24-4)85(11)12/h57-64H,21-56H2,1-20H3. The molecule has 4 rings (SSSR count). The molecule has 0 amide bonds. The van der Waals surface area contributed by atoms with Gasteiger partial charge in [-0.25, -0.2) is 0 Å². The highest BCUT2D eigenvalue weighted by atomic mass is 28.4. The molecular formula is C65H140N4O12Si8. The molecule has 0 aromatic heterocycles. The fourth-order valence-electron chi connectivity index (χ4n) is 13.8. The zero-order valence-electron chi connectivity index (χ0n) is 61.3. The van der Waals surface area contributed by atoms with Crippen LogP contribution in [0.15, 0.2) is 0 Å². The molecule has 0 spiro atoms. The molecule has 524 valence electrons. The fourth-order valence-corrected chi connectivity index (χ4v) is 27.3. The van der Waals surface area contributed by atoms with Gasteiger partial charge in [0.2, 0.25) is 0 Å². The summed E-state index contributed by atoms with van der Waals surface area (Å²) in [5.41, 5.74) is 0.690. The lowest BCUT2D eigenvalue weighted by atomic mass is 9.92. The quantitative estimate of drug-likeness (QED) is 0.0540. The maximum Gasteiger partial charge on any atom is 0.187 e. The van der Waals surface area contributed by atoms with E-state index in [9.17, 15) is 0 Å². The minimum absolute atomic E-state index is 0.0552. The van der Waals surface area contributed by atoms with Crippen LogP contribution < -0.4 is 0 Å². The summed E-state index contributed by atoms with van der Waals surface area (Å²) in [7, 11) is -10.2. The minimum Gasteiger partial charge on any atom is -0.411 e. The Hall–Kier alpha value is 1.10. The van der Waals surface area contributed by atoms with E-state index in [4.69, 9.17) is 55.6 Å². The van der Waals surface area contributed by atoms with E-state index in [0.717, 1.165) is 181 Å². The second kappa shape index (κ2) is 42.8. The van der Waals surface area contributed by atoms with Gasteiger partial charge in [0, 0.05) is 102 Å². The van der Waals surface area contributed by atoms with Gasteiger partial charge in [-0.3, -0.25) is 0 Å². The van der Waals surface area contributed by atoms with Crippen molar-refractivity contribution in [3.8, 4) is 0 Å². The topological polar surface area (TPSA) is 124 Å². The molecule has 4 aliphatic heterocycles. The van der Waals surface area contributed by atoms with E-state index in [0.29, 0.717) is 75.8 Å². The molecule has 0 bridgehead atoms. The van der Waals surface area contributed by atoms with Crippen LogP contribution in [0.3, 0.4) is 0 Å². The van der Waals surface area contributed by atoms with Gasteiger partial charge in [0.25, 0.3) is 0 Å². The number of hydrogen-bond acceptors (Lipinski definition) is 16. The minimum atomic E-state index is -1.96. The molecule has 0 N–H and O–H groups in total. The third-order valence-electron chi connectivity index (χ3n) is 18.5. The first kappa shape index (κ1) is 82.5. The summed E-state index contributed by atoms with van der Waals surface area (Å²) in [6, 6.07) is 4.54. The van der Waals surface area contributed by atoms with Crippen molar-refractivity contribution in [2.75, 3.05) is 158 Å². The zero-order valence-corrected chi connectivity index (χ0v) is 69.3. The molecule has 89 heavy (non-hydrogen) atoms. The average Bonchev–Trinajstić information content (AvgIpc) is 3.18. The molecule has 8 unspecified atom stereocenters. The van der Waals surface area contributed by atoms with Crippen LogP contribution in [0.1, 0.15) is 79.1 Å². The normalized spacial score (nSPS) is 26.2. The van der Waals surface area contributed by atoms with Gasteiger partial charge in [-0.1, -0.05) is 52.4 Å². The summed E-state index contributed by atoms with van der Waals surface area (Å²) in [6.45, 7) is 65.1. The molecule has 8 atom stereocenters. The predicted octanol–water partition coefficient (Wildman–Crippen LogP) is 11.6. The second-order valence-electron chi connectivity index (χ2n) is 30.4. The molecule has 4 aliphatic rings. The lowest BCUT2D eigenvalue weighted by Gasteiger charge is -2.40. The highest BCUT2D eigenvalue weighted by Crippen LogP contribution is 2.29. The third-order valence-corrected chi connectivity index (χ3v) is 35.6. The summed E-state index contributed by atoms with van der Waals surface area (Å²) in [4.78, 5) is 10.5. The van der Waals surface area contributed by atoms with Crippen molar-refractivity contribution in [3.63, 3.8) is 0 Å². The highest BCUT2D eigenvalue weighted by Gasteiger charge is 2.40. The van der Waals surface area contributed by atoms with Crippen LogP contribution in [0.5, 0.6) is 0 Å². The lowest BCUT2D eigenvalue weighted by Crippen LogP contribution is -2.51. The molecule has 16 nitrogen and oxygen atoms in total. The van der Waals surface area contributed by atoms with E-state index in [1.165, 1.54) is 0 Å². The summed E-state index contributed by atoms with van der Waals surface area (Å²) in [5, 5.41) is 0. The van der Waals surface area contributed by atoms with E-state index >= 15 is 0 Å². The number of hydrogen-bond donors (Lipinski definition) is 0. The Balaban J connectivity index is 1.73. The van der Waals surface area contributed by atoms with Gasteiger partial charge < -0.3 is 75.2 Å². The predicted molar refractivity (Wildman–Crippen MR) is 389 cm³/mol. The van der Waals surface area contributed by atoms with Crippen molar-refractivity contribution in [2.24, 2.45) is 5.41 Å². The number of nitrogens with zero attached hydrogens (tertiary/aromatic N) is 4. The van der Waals surface area contributed by atoms with Crippen molar-refractivity contribution in [2.45, 2.75) is 255 Å². The molecule has 4 fully saturated rings. The molecule has 0 aliphatic carbocycles. The maximum atomic E-state index is 7.23. The molecule has 0 aromatic rings. The Kier molecular flexibility index (Phi) is 39.7. The molecule has 4 heterocycles. The van der Waals surface area contributed by atoms with Crippen LogP contribution in [0, 0.1) is 5.41 Å². The Bertz CT molecular complexity index is 1590. The van der Waals surface area contributed by atoms with Crippen molar-refractivity contribution >= 4 is 68.5 Å². The van der Waals surface area contributed by atoms with Crippen LogP contribution in [0.25, 0.3) is 0 Å². The van der Waals surface area contributed by atoms with Crippen LogP contribution in [0.2, 0.25) is 129 Å². The van der Waals surface area contributed by atoms with Crippen molar-refractivity contribution in [1.82, 2.24) is 19.6 Å². The van der Waals surface area contributed by atoms with E-state index < -0.39 is 73.9 Å². The lowest BCUT2D eigenvalue weighted by molar-refractivity contribution is -0.132. The molecular weight excluding hydrogens is 1250 g/mol. The third kappa shape index (κ3) is 33.9. The van der Waals surface area contributed by atoms with E-state index in [-0.39, 0.29) is 24.4 Å². The van der Waals surface area contributed by atoms with Crippen LogP contribution in [0.4, 0.5) is 0 Å². The first-order valence-corrected chi connectivity index (χ1v) is 58.4. The van der Waals surface area contributed by atoms with E-state index in [1.807, 2.05) is 0 Å². The molecule has 4 saturated heterocycles. The molecule has 0 saturated carbocycles. The average molecular weight is 1390 g/mol. The van der Waals surface area contributed by atoms with Crippen molar-refractivity contribution in [3.05, 3.63) is 0 Å². The van der Waals surface area contributed by atoms with Crippen LogP contribution in [-0.2, 0) is 55.6 Å². The van der Waals surface area contributed by atoms with Crippen LogP contribution >= 0.6 is 0 Å².